The molecule has 1 fully saturated rings. The number of aryl methyl sites for hydroxylation is 1. The van der Waals surface area contributed by atoms with Gasteiger partial charge in [0.2, 0.25) is 11.3 Å². The van der Waals surface area contributed by atoms with Crippen LogP contribution in [0.2, 0.25) is 0 Å². The number of hydrogen-bond donors (Lipinski definition) is 3. The molecule has 202 valence electrons. The lowest BCUT2D eigenvalue weighted by Crippen LogP contribution is -2.51. The molecule has 3 heterocycles. The standard InChI is InChI=1S/C28H36N6O4/c1-5-33-13-14-38-16-20(33)15-31-27(36)17(3)18-7-9-19(10-8-18)22-12-11-21-24(35)23(28(37)30-4)25(29)34(6-2)26(21)32-22/h7-12,17,20H,5-6,13-16,29H2,1-4H3,(H,30,37)(H,31,36). The number of aromatic nitrogens is 2. The second-order valence-corrected chi connectivity index (χ2v) is 9.43. The van der Waals surface area contributed by atoms with E-state index >= 15 is 0 Å². The van der Waals surface area contributed by atoms with Crippen LogP contribution in [0, 0.1) is 0 Å². The number of likely N-dealkylation sites (N-methyl/N-ethyl adjacent to an activating group) is 1. The van der Waals surface area contributed by atoms with Gasteiger partial charge >= 0.3 is 0 Å². The number of rotatable bonds is 8. The highest BCUT2D eigenvalue weighted by atomic mass is 16.5. The van der Waals surface area contributed by atoms with Gasteiger partial charge in [-0.15, -0.1) is 0 Å². The van der Waals surface area contributed by atoms with E-state index in [2.05, 4.69) is 22.5 Å². The van der Waals surface area contributed by atoms with Crippen molar-refractivity contribution in [1.29, 1.82) is 0 Å². The third kappa shape index (κ3) is 5.27. The van der Waals surface area contributed by atoms with Gasteiger partial charge in [-0.2, -0.15) is 0 Å². The van der Waals surface area contributed by atoms with Gasteiger partial charge in [-0.1, -0.05) is 31.2 Å². The van der Waals surface area contributed by atoms with Crippen molar-refractivity contribution < 1.29 is 14.3 Å². The fourth-order valence-electron chi connectivity index (χ4n) is 4.92. The van der Waals surface area contributed by atoms with E-state index in [0.29, 0.717) is 36.4 Å². The monoisotopic (exact) mass is 520 g/mol. The van der Waals surface area contributed by atoms with E-state index in [1.807, 2.05) is 38.1 Å². The van der Waals surface area contributed by atoms with Crippen molar-refractivity contribution in [2.75, 3.05) is 45.6 Å². The van der Waals surface area contributed by atoms with Crippen LogP contribution >= 0.6 is 0 Å². The molecule has 2 atom stereocenters. The second-order valence-electron chi connectivity index (χ2n) is 9.43. The number of carbonyl (C=O) groups excluding carboxylic acids is 2. The molecule has 2 amide bonds. The van der Waals surface area contributed by atoms with E-state index < -0.39 is 11.3 Å². The van der Waals surface area contributed by atoms with Gasteiger partial charge in [-0.05, 0) is 38.1 Å². The molecule has 1 saturated heterocycles. The number of hydrogen-bond acceptors (Lipinski definition) is 7. The van der Waals surface area contributed by atoms with Gasteiger partial charge in [0.15, 0.2) is 0 Å². The number of morpholine rings is 1. The topological polar surface area (TPSA) is 132 Å². The third-order valence-corrected chi connectivity index (χ3v) is 7.29. The number of nitrogens with zero attached hydrogens (tertiary/aromatic N) is 3. The minimum absolute atomic E-state index is 0.0300. The zero-order valence-corrected chi connectivity index (χ0v) is 22.4. The summed E-state index contributed by atoms with van der Waals surface area (Å²) in [5, 5.41) is 5.88. The predicted octanol–water partition coefficient (Wildman–Crippen LogP) is 1.97. The normalized spacial score (nSPS) is 16.8. The number of ether oxygens (including phenoxy) is 1. The Morgan fingerprint density at radius 1 is 1.16 bits per heavy atom. The van der Waals surface area contributed by atoms with E-state index in [0.717, 1.165) is 30.8 Å². The van der Waals surface area contributed by atoms with Gasteiger partial charge in [-0.25, -0.2) is 4.98 Å². The summed E-state index contributed by atoms with van der Waals surface area (Å²) in [5.41, 5.74) is 8.50. The number of nitrogen functional groups attached to an aromatic ring is 1. The number of benzene rings is 1. The summed E-state index contributed by atoms with van der Waals surface area (Å²) >= 11 is 0. The Balaban J connectivity index is 1.54. The van der Waals surface area contributed by atoms with Gasteiger partial charge in [0.1, 0.15) is 17.0 Å². The third-order valence-electron chi connectivity index (χ3n) is 7.29. The highest BCUT2D eigenvalue weighted by Gasteiger charge is 2.24. The summed E-state index contributed by atoms with van der Waals surface area (Å²) in [5.74, 6) is -0.783. The largest absolute Gasteiger partial charge is 0.384 e. The van der Waals surface area contributed by atoms with Crippen LogP contribution in [-0.4, -0.2) is 72.2 Å². The molecule has 3 aromatic rings. The minimum Gasteiger partial charge on any atom is -0.384 e. The van der Waals surface area contributed by atoms with Crippen molar-refractivity contribution in [2.24, 2.45) is 0 Å². The first-order chi connectivity index (χ1) is 18.3. The Labute approximate surface area is 222 Å². The number of fused-ring (bicyclic) bond motifs is 1. The van der Waals surface area contributed by atoms with E-state index in [9.17, 15) is 14.4 Å². The van der Waals surface area contributed by atoms with Crippen molar-refractivity contribution in [1.82, 2.24) is 25.1 Å². The zero-order valence-electron chi connectivity index (χ0n) is 22.4. The van der Waals surface area contributed by atoms with E-state index in [1.54, 1.807) is 16.7 Å². The number of carbonyl (C=O) groups is 2. The lowest BCUT2D eigenvalue weighted by molar-refractivity contribution is -0.122. The fourth-order valence-corrected chi connectivity index (χ4v) is 4.92. The first-order valence-electron chi connectivity index (χ1n) is 13.1. The lowest BCUT2D eigenvalue weighted by Gasteiger charge is -2.34. The molecule has 10 heteroatoms. The first kappa shape index (κ1) is 27.3. The number of anilines is 1. The Morgan fingerprint density at radius 3 is 2.55 bits per heavy atom. The van der Waals surface area contributed by atoms with E-state index in [4.69, 9.17) is 15.5 Å². The molecule has 0 aliphatic carbocycles. The van der Waals surface area contributed by atoms with Crippen molar-refractivity contribution >= 4 is 28.7 Å². The van der Waals surface area contributed by atoms with Crippen molar-refractivity contribution in [2.45, 2.75) is 39.3 Å². The Bertz CT molecular complexity index is 1380. The number of nitrogens with two attached hydrogens (primary N) is 1. The summed E-state index contributed by atoms with van der Waals surface area (Å²) in [4.78, 5) is 45.2. The molecular formula is C28H36N6O4. The number of amides is 2. The lowest BCUT2D eigenvalue weighted by atomic mass is 9.98. The summed E-state index contributed by atoms with van der Waals surface area (Å²) in [7, 11) is 1.46. The average molecular weight is 521 g/mol. The van der Waals surface area contributed by atoms with Crippen LogP contribution in [0.4, 0.5) is 5.82 Å². The van der Waals surface area contributed by atoms with Crippen molar-refractivity contribution in [3.8, 4) is 11.3 Å². The van der Waals surface area contributed by atoms with Crippen LogP contribution in [0.3, 0.4) is 0 Å². The molecule has 4 rings (SSSR count). The molecule has 2 unspecified atom stereocenters. The highest BCUT2D eigenvalue weighted by Crippen LogP contribution is 2.25. The van der Waals surface area contributed by atoms with Crippen LogP contribution in [0.5, 0.6) is 0 Å². The Morgan fingerprint density at radius 2 is 1.89 bits per heavy atom. The molecule has 4 N–H and O–H groups in total. The van der Waals surface area contributed by atoms with Crippen molar-refractivity contribution in [3.63, 3.8) is 0 Å². The summed E-state index contributed by atoms with van der Waals surface area (Å²) in [6.07, 6.45) is 0. The molecule has 1 aliphatic rings. The van der Waals surface area contributed by atoms with Gasteiger partial charge in [-0.3, -0.25) is 19.3 Å². The van der Waals surface area contributed by atoms with E-state index in [-0.39, 0.29) is 29.2 Å². The van der Waals surface area contributed by atoms with Crippen LogP contribution < -0.4 is 21.8 Å². The van der Waals surface area contributed by atoms with Crippen LogP contribution in [0.15, 0.2) is 41.2 Å². The van der Waals surface area contributed by atoms with Gasteiger partial charge in [0.05, 0.1) is 36.3 Å². The van der Waals surface area contributed by atoms with Gasteiger partial charge in [0.25, 0.3) is 5.91 Å². The highest BCUT2D eigenvalue weighted by molar-refractivity contribution is 6.01. The second kappa shape index (κ2) is 11.7. The zero-order chi connectivity index (χ0) is 27.4. The van der Waals surface area contributed by atoms with Gasteiger partial charge < -0.3 is 25.7 Å². The Hall–Kier alpha value is -3.76. The molecule has 2 aromatic heterocycles. The molecule has 38 heavy (non-hydrogen) atoms. The quantitative estimate of drug-likeness (QED) is 0.414. The van der Waals surface area contributed by atoms with E-state index in [1.165, 1.54) is 7.05 Å². The maximum atomic E-state index is 13.0. The van der Waals surface area contributed by atoms with Crippen molar-refractivity contribution in [3.05, 3.63) is 57.7 Å². The molecule has 0 saturated carbocycles. The number of pyridine rings is 2. The average Bonchev–Trinajstić information content (AvgIpc) is 2.95. The summed E-state index contributed by atoms with van der Waals surface area (Å²) in [6, 6.07) is 11.3. The van der Waals surface area contributed by atoms with Crippen LogP contribution in [0.25, 0.3) is 22.3 Å². The SMILES string of the molecule is CCN1CCOCC1CNC(=O)C(C)c1ccc(-c2ccc3c(=O)c(C(=O)NC)c(N)n(CC)c3n2)cc1. The smallest absolute Gasteiger partial charge is 0.258 e. The Kier molecular flexibility index (Phi) is 8.43. The molecular weight excluding hydrogens is 484 g/mol. The fraction of sp³-hybridized carbons (Fsp3) is 0.429. The molecule has 0 bridgehead atoms. The maximum absolute atomic E-state index is 13.0. The molecule has 10 nitrogen and oxygen atoms in total. The summed E-state index contributed by atoms with van der Waals surface area (Å²) < 4.78 is 7.25. The number of nitrogens with one attached hydrogen (secondary N) is 2. The van der Waals surface area contributed by atoms with Crippen LogP contribution in [0.1, 0.15) is 42.6 Å². The molecule has 0 spiro atoms. The molecule has 0 radical (unpaired) electrons. The minimum atomic E-state index is -0.524. The predicted molar refractivity (Wildman–Crippen MR) is 148 cm³/mol. The first-order valence-corrected chi connectivity index (χ1v) is 13.1. The maximum Gasteiger partial charge on any atom is 0.258 e. The van der Waals surface area contributed by atoms with Crippen LogP contribution in [-0.2, 0) is 16.1 Å². The van der Waals surface area contributed by atoms with Gasteiger partial charge in [0, 0.05) is 32.2 Å². The molecule has 1 aliphatic heterocycles. The molecule has 1 aromatic carbocycles. The summed E-state index contributed by atoms with van der Waals surface area (Å²) in [6.45, 7) is 10.1.